The summed E-state index contributed by atoms with van der Waals surface area (Å²) in [5.74, 6) is 2.65. The van der Waals surface area contributed by atoms with Gasteiger partial charge in [0.05, 0.1) is 17.8 Å². The quantitative estimate of drug-likeness (QED) is 0.654. The molecule has 1 N–H and O–H groups in total. The first-order valence-electron chi connectivity index (χ1n) is 11.8. The molecule has 172 valence electrons. The van der Waals surface area contributed by atoms with Gasteiger partial charge in [-0.15, -0.1) is 10.2 Å². The number of aromatic nitrogens is 4. The third-order valence-electron chi connectivity index (χ3n) is 6.26. The molecule has 0 radical (unpaired) electrons. The molecular formula is C25H30N6O2. The van der Waals surface area contributed by atoms with Crippen molar-refractivity contribution in [3.05, 3.63) is 54.0 Å². The number of amides is 1. The van der Waals surface area contributed by atoms with Crippen LogP contribution in [0.1, 0.15) is 49.3 Å². The Kier molecular flexibility index (Phi) is 6.09. The molecule has 0 saturated carbocycles. The minimum Gasteiger partial charge on any atom is -0.372 e. The first kappa shape index (κ1) is 21.6. The molecule has 0 aliphatic carbocycles. The molecule has 2 atom stereocenters. The zero-order chi connectivity index (χ0) is 22.8. The summed E-state index contributed by atoms with van der Waals surface area (Å²) in [6.45, 7) is 6.68. The Morgan fingerprint density at radius 3 is 2.52 bits per heavy atom. The first-order chi connectivity index (χ1) is 16.1. The summed E-state index contributed by atoms with van der Waals surface area (Å²) >= 11 is 0. The maximum absolute atomic E-state index is 12.7. The molecule has 1 aromatic carbocycles. The second-order valence-corrected chi connectivity index (χ2v) is 9.00. The number of benzene rings is 1. The van der Waals surface area contributed by atoms with Gasteiger partial charge in [-0.05, 0) is 63.1 Å². The fourth-order valence-electron chi connectivity index (χ4n) is 4.68. The molecule has 8 heteroatoms. The molecule has 4 heterocycles. The third kappa shape index (κ3) is 4.75. The minimum absolute atomic E-state index is 0.161. The fraction of sp³-hybridized carbons (Fsp3) is 0.440. The van der Waals surface area contributed by atoms with Crippen molar-refractivity contribution < 1.29 is 9.53 Å². The zero-order valence-electron chi connectivity index (χ0n) is 19.2. The molecule has 1 saturated heterocycles. The maximum Gasteiger partial charge on any atom is 0.257 e. The normalized spacial score (nSPS) is 20.7. The van der Waals surface area contributed by atoms with Crippen LogP contribution in [0.5, 0.6) is 0 Å². The molecule has 0 spiro atoms. The number of carbonyl (C=O) groups is 1. The van der Waals surface area contributed by atoms with Gasteiger partial charge in [-0.1, -0.05) is 6.42 Å². The van der Waals surface area contributed by atoms with E-state index in [0.29, 0.717) is 5.56 Å². The lowest BCUT2D eigenvalue weighted by molar-refractivity contribution is -0.00546. The van der Waals surface area contributed by atoms with Crippen LogP contribution in [-0.2, 0) is 17.7 Å². The van der Waals surface area contributed by atoms with Gasteiger partial charge >= 0.3 is 0 Å². The monoisotopic (exact) mass is 446 g/mol. The zero-order valence-corrected chi connectivity index (χ0v) is 19.2. The lowest BCUT2D eigenvalue weighted by Gasteiger charge is -2.36. The van der Waals surface area contributed by atoms with Crippen molar-refractivity contribution in [2.75, 3.05) is 23.3 Å². The van der Waals surface area contributed by atoms with E-state index in [2.05, 4.69) is 43.8 Å². The average Bonchev–Trinajstić information content (AvgIpc) is 3.07. The number of aryl methyl sites for hydroxylation is 1. The van der Waals surface area contributed by atoms with Crippen molar-refractivity contribution in [1.82, 2.24) is 19.7 Å². The van der Waals surface area contributed by atoms with Crippen molar-refractivity contribution in [2.24, 2.45) is 0 Å². The molecule has 2 aliphatic rings. The van der Waals surface area contributed by atoms with E-state index in [0.717, 1.165) is 61.2 Å². The molecule has 1 amide bonds. The minimum atomic E-state index is -0.179. The van der Waals surface area contributed by atoms with E-state index in [1.807, 2.05) is 36.4 Å². The van der Waals surface area contributed by atoms with Gasteiger partial charge in [-0.25, -0.2) is 4.98 Å². The second-order valence-electron chi connectivity index (χ2n) is 9.00. The molecule has 2 aromatic heterocycles. The van der Waals surface area contributed by atoms with Crippen LogP contribution in [0.3, 0.4) is 0 Å². The summed E-state index contributed by atoms with van der Waals surface area (Å²) in [5, 5.41) is 11.7. The highest BCUT2D eigenvalue weighted by Crippen LogP contribution is 2.24. The lowest BCUT2D eigenvalue weighted by Crippen LogP contribution is -2.45. The van der Waals surface area contributed by atoms with Gasteiger partial charge in [0.15, 0.2) is 5.82 Å². The summed E-state index contributed by atoms with van der Waals surface area (Å²) in [5.41, 5.74) is 2.27. The first-order valence-corrected chi connectivity index (χ1v) is 11.8. The van der Waals surface area contributed by atoms with E-state index in [1.54, 1.807) is 6.20 Å². The Bertz CT molecular complexity index is 1100. The van der Waals surface area contributed by atoms with Gasteiger partial charge in [0, 0.05) is 43.5 Å². The highest BCUT2D eigenvalue weighted by molar-refractivity contribution is 6.04. The number of hydrogen-bond acceptors (Lipinski definition) is 6. The largest absolute Gasteiger partial charge is 0.372 e. The topological polar surface area (TPSA) is 85.2 Å². The highest BCUT2D eigenvalue weighted by Gasteiger charge is 2.23. The van der Waals surface area contributed by atoms with Crippen molar-refractivity contribution in [2.45, 2.75) is 58.3 Å². The van der Waals surface area contributed by atoms with Gasteiger partial charge in [-0.2, -0.15) is 0 Å². The summed E-state index contributed by atoms with van der Waals surface area (Å²) < 4.78 is 8.01. The molecule has 1 fully saturated rings. The molecule has 2 unspecified atom stereocenters. The Labute approximate surface area is 194 Å². The Morgan fingerprint density at radius 2 is 1.79 bits per heavy atom. The molecule has 2 aliphatic heterocycles. The van der Waals surface area contributed by atoms with Crippen molar-refractivity contribution >= 4 is 17.4 Å². The van der Waals surface area contributed by atoms with Crippen LogP contribution >= 0.6 is 0 Å². The van der Waals surface area contributed by atoms with E-state index >= 15 is 0 Å². The maximum atomic E-state index is 12.7. The molecule has 0 bridgehead atoms. The number of ether oxygens (including phenoxy) is 1. The van der Waals surface area contributed by atoms with E-state index in [4.69, 9.17) is 4.74 Å². The van der Waals surface area contributed by atoms with E-state index < -0.39 is 0 Å². The molecule has 8 nitrogen and oxygen atoms in total. The Balaban J connectivity index is 1.24. The van der Waals surface area contributed by atoms with Crippen LogP contribution in [0.4, 0.5) is 11.5 Å². The van der Waals surface area contributed by atoms with Crippen molar-refractivity contribution in [1.29, 1.82) is 0 Å². The molecule has 33 heavy (non-hydrogen) atoms. The van der Waals surface area contributed by atoms with Gasteiger partial charge < -0.3 is 19.5 Å². The number of pyridine rings is 1. The number of nitrogens with zero attached hydrogens (tertiary/aromatic N) is 5. The highest BCUT2D eigenvalue weighted by atomic mass is 16.5. The molecule has 5 rings (SSSR count). The van der Waals surface area contributed by atoms with E-state index in [1.165, 1.54) is 12.8 Å². The third-order valence-corrected chi connectivity index (χ3v) is 6.26. The van der Waals surface area contributed by atoms with Crippen LogP contribution in [0, 0.1) is 0 Å². The predicted molar refractivity (Wildman–Crippen MR) is 127 cm³/mol. The molecular weight excluding hydrogens is 416 g/mol. The number of fused-ring (bicyclic) bond motifs is 1. The van der Waals surface area contributed by atoms with Gasteiger partial charge in [0.1, 0.15) is 11.6 Å². The standard InChI is InChI=1S/C25H30N6O2/c1-17-15-30(16-18(2)33-17)22-12-9-20(14-26-22)25(32)27-21-10-7-19(8-11-21)24-29-28-23-6-4-3-5-13-31(23)24/h7-12,14,17-18H,3-6,13,15-16H2,1-2H3,(H,27,32). The summed E-state index contributed by atoms with van der Waals surface area (Å²) in [4.78, 5) is 19.5. The van der Waals surface area contributed by atoms with Crippen LogP contribution < -0.4 is 10.2 Å². The summed E-state index contributed by atoms with van der Waals surface area (Å²) in [6, 6.07) is 11.5. The van der Waals surface area contributed by atoms with Crippen molar-refractivity contribution in [3.8, 4) is 11.4 Å². The second kappa shape index (κ2) is 9.31. The number of rotatable bonds is 4. The van der Waals surface area contributed by atoms with Crippen LogP contribution in [0.2, 0.25) is 0 Å². The smallest absolute Gasteiger partial charge is 0.257 e. The van der Waals surface area contributed by atoms with Crippen molar-refractivity contribution in [3.63, 3.8) is 0 Å². The number of morpholine rings is 1. The van der Waals surface area contributed by atoms with Gasteiger partial charge in [0.2, 0.25) is 0 Å². The Hall–Kier alpha value is -3.26. The fourth-order valence-corrected chi connectivity index (χ4v) is 4.68. The number of hydrogen-bond donors (Lipinski definition) is 1. The van der Waals surface area contributed by atoms with Crippen LogP contribution in [-0.4, -0.2) is 51.0 Å². The van der Waals surface area contributed by atoms with E-state index in [9.17, 15) is 4.79 Å². The lowest BCUT2D eigenvalue weighted by atomic mass is 10.1. The average molecular weight is 447 g/mol. The van der Waals surface area contributed by atoms with Gasteiger partial charge in [-0.3, -0.25) is 4.79 Å². The summed E-state index contributed by atoms with van der Waals surface area (Å²) in [6.07, 6.45) is 6.50. The summed E-state index contributed by atoms with van der Waals surface area (Å²) in [7, 11) is 0. The number of nitrogens with one attached hydrogen (secondary N) is 1. The SMILES string of the molecule is CC1CN(c2ccc(C(=O)Nc3ccc(-c4nnc5n4CCCCC5)cc3)cn2)CC(C)O1. The molecule has 3 aromatic rings. The van der Waals surface area contributed by atoms with E-state index in [-0.39, 0.29) is 18.1 Å². The van der Waals surface area contributed by atoms with Crippen LogP contribution in [0.15, 0.2) is 42.6 Å². The van der Waals surface area contributed by atoms with Gasteiger partial charge in [0.25, 0.3) is 5.91 Å². The number of anilines is 2. The number of carbonyl (C=O) groups excluding carboxylic acids is 1. The predicted octanol–water partition coefficient (Wildman–Crippen LogP) is 3.93. The Morgan fingerprint density at radius 1 is 1.00 bits per heavy atom. The van der Waals surface area contributed by atoms with Crippen LogP contribution in [0.25, 0.3) is 11.4 Å².